The first-order valence-corrected chi connectivity index (χ1v) is 15.0. The number of benzene rings is 2. The molecule has 0 bridgehead atoms. The highest BCUT2D eigenvalue weighted by Crippen LogP contribution is 2.35. The lowest BCUT2D eigenvalue weighted by Gasteiger charge is -2.39. The van der Waals surface area contributed by atoms with Gasteiger partial charge in [-0.25, -0.2) is 9.97 Å². The average Bonchev–Trinajstić information content (AvgIpc) is 3.66. The first-order valence-electron chi connectivity index (χ1n) is 15.0. The van der Waals surface area contributed by atoms with Crippen molar-refractivity contribution in [1.29, 1.82) is 5.26 Å². The Kier molecular flexibility index (Phi) is 8.33. The van der Waals surface area contributed by atoms with E-state index in [-0.39, 0.29) is 17.5 Å². The molecule has 10 heteroatoms. The molecule has 10 nitrogen and oxygen atoms in total. The normalized spacial score (nSPS) is 18.0. The fourth-order valence-electron chi connectivity index (χ4n) is 6.23. The molecule has 4 aromatic rings. The molecule has 2 aliphatic heterocycles. The molecule has 1 atom stereocenters. The van der Waals surface area contributed by atoms with Gasteiger partial charge in [0.2, 0.25) is 0 Å². The zero-order chi connectivity index (χ0) is 30.7. The number of ether oxygens (including phenoxy) is 2. The molecule has 1 amide bonds. The number of amides is 1. The molecule has 2 aromatic carbocycles. The van der Waals surface area contributed by atoms with Gasteiger partial charge in [-0.15, -0.1) is 0 Å². The van der Waals surface area contributed by atoms with Crippen LogP contribution in [-0.4, -0.2) is 74.7 Å². The number of carbonyl (C=O) groups is 1. The van der Waals surface area contributed by atoms with Crippen molar-refractivity contribution >= 4 is 22.8 Å². The number of rotatable bonds is 8. The number of morpholine rings is 1. The quantitative estimate of drug-likeness (QED) is 0.224. The summed E-state index contributed by atoms with van der Waals surface area (Å²) in [6, 6.07) is 19.6. The molecule has 44 heavy (non-hydrogen) atoms. The molecule has 2 aliphatic rings. The standard InChI is InChI=1S/C34H37N7O3/c1-34(2,40-15-17-43-18-16-40)19-25(20-35)33(42)41-14-6-7-26(41)21-39-22-29(30-31(36)37-23-38-32(30)39)24-10-12-28(13-11-24)44-27-8-4-3-5-9-27/h3-5,8-13,19,22-23,26H,6-7,14-18,21H2,1-2H3,(H2,36,37,38)/b25-19-/t26-/m0/s1. The Morgan fingerprint density at radius 1 is 1.09 bits per heavy atom. The SMILES string of the molecule is CC(C)(/C=C(/C#N)C(=O)N1CCC[C@H]1Cn1cc(-c2ccc(Oc3ccccc3)cc2)c2c(N)ncnc21)N1CCOCC1. The summed E-state index contributed by atoms with van der Waals surface area (Å²) >= 11 is 0. The summed E-state index contributed by atoms with van der Waals surface area (Å²) in [4.78, 5) is 26.7. The van der Waals surface area contributed by atoms with E-state index in [0.717, 1.165) is 53.9 Å². The summed E-state index contributed by atoms with van der Waals surface area (Å²) in [6.45, 7) is 8.04. The van der Waals surface area contributed by atoms with Gasteiger partial charge in [-0.05, 0) is 62.6 Å². The fraction of sp³-hybridized carbons (Fsp3) is 0.353. The number of aromatic nitrogens is 3. The molecule has 2 fully saturated rings. The largest absolute Gasteiger partial charge is 0.457 e. The Balaban J connectivity index is 1.25. The van der Waals surface area contributed by atoms with Gasteiger partial charge in [0.15, 0.2) is 0 Å². The highest BCUT2D eigenvalue weighted by molar-refractivity contribution is 6.01. The maximum Gasteiger partial charge on any atom is 0.264 e. The Morgan fingerprint density at radius 2 is 1.82 bits per heavy atom. The van der Waals surface area contributed by atoms with Gasteiger partial charge in [0.25, 0.3) is 5.91 Å². The van der Waals surface area contributed by atoms with E-state index in [1.54, 1.807) is 0 Å². The van der Waals surface area contributed by atoms with Gasteiger partial charge in [-0.3, -0.25) is 9.69 Å². The maximum absolute atomic E-state index is 13.8. The van der Waals surface area contributed by atoms with E-state index in [2.05, 4.69) is 25.5 Å². The lowest BCUT2D eigenvalue weighted by molar-refractivity contribution is -0.127. The van der Waals surface area contributed by atoms with Crippen LogP contribution in [0.5, 0.6) is 11.5 Å². The molecule has 0 radical (unpaired) electrons. The van der Waals surface area contributed by atoms with Gasteiger partial charge in [0.1, 0.15) is 40.9 Å². The molecule has 0 spiro atoms. The number of carbonyl (C=O) groups excluding carboxylic acids is 1. The summed E-state index contributed by atoms with van der Waals surface area (Å²) in [6.07, 6.45) is 7.02. The predicted molar refractivity (Wildman–Crippen MR) is 169 cm³/mol. The predicted octanol–water partition coefficient (Wildman–Crippen LogP) is 5.02. The van der Waals surface area contributed by atoms with Gasteiger partial charge >= 0.3 is 0 Å². The number of nitrogens with two attached hydrogens (primary N) is 1. The van der Waals surface area contributed by atoms with Crippen LogP contribution in [0.1, 0.15) is 26.7 Å². The number of nitriles is 1. The summed E-state index contributed by atoms with van der Waals surface area (Å²) in [5.41, 5.74) is 8.70. The number of nitrogen functional groups attached to an aromatic ring is 1. The van der Waals surface area contributed by atoms with Gasteiger partial charge in [0.05, 0.1) is 24.6 Å². The van der Waals surface area contributed by atoms with Crippen molar-refractivity contribution < 1.29 is 14.3 Å². The second-order valence-corrected chi connectivity index (χ2v) is 11.8. The third-order valence-corrected chi connectivity index (χ3v) is 8.55. The smallest absolute Gasteiger partial charge is 0.264 e. The van der Waals surface area contributed by atoms with E-state index in [0.29, 0.717) is 37.8 Å². The number of para-hydroxylation sites is 1. The minimum absolute atomic E-state index is 0.0907. The van der Waals surface area contributed by atoms with Crippen molar-refractivity contribution in [2.45, 2.75) is 44.8 Å². The number of nitrogens with zero attached hydrogens (tertiary/aromatic N) is 6. The van der Waals surface area contributed by atoms with Crippen LogP contribution in [0.4, 0.5) is 5.82 Å². The summed E-state index contributed by atoms with van der Waals surface area (Å²) < 4.78 is 13.5. The first kappa shape index (κ1) is 29.4. The van der Waals surface area contributed by atoms with E-state index in [1.807, 2.05) is 85.6 Å². The molecule has 0 aliphatic carbocycles. The number of likely N-dealkylation sites (tertiary alicyclic amines) is 1. The second-order valence-electron chi connectivity index (χ2n) is 11.8. The van der Waals surface area contributed by atoms with E-state index >= 15 is 0 Å². The van der Waals surface area contributed by atoms with Crippen LogP contribution in [0.25, 0.3) is 22.2 Å². The van der Waals surface area contributed by atoms with Crippen molar-refractivity contribution in [3.63, 3.8) is 0 Å². The van der Waals surface area contributed by atoms with Gasteiger partial charge in [0, 0.05) is 43.5 Å². The highest BCUT2D eigenvalue weighted by Gasteiger charge is 2.34. The van der Waals surface area contributed by atoms with Gasteiger partial charge in [-0.2, -0.15) is 5.26 Å². The van der Waals surface area contributed by atoms with Crippen LogP contribution in [0.2, 0.25) is 0 Å². The molecule has 2 N–H and O–H groups in total. The molecule has 6 rings (SSSR count). The molecule has 2 saturated heterocycles. The third kappa shape index (κ3) is 6.02. The van der Waals surface area contributed by atoms with Crippen molar-refractivity contribution in [3.8, 4) is 28.7 Å². The monoisotopic (exact) mass is 591 g/mol. The van der Waals surface area contributed by atoms with E-state index in [9.17, 15) is 10.1 Å². The Morgan fingerprint density at radius 3 is 2.55 bits per heavy atom. The fourth-order valence-corrected chi connectivity index (χ4v) is 6.23. The molecule has 226 valence electrons. The summed E-state index contributed by atoms with van der Waals surface area (Å²) in [5.74, 6) is 1.67. The number of hydrogen-bond acceptors (Lipinski definition) is 8. The molecular formula is C34H37N7O3. The van der Waals surface area contributed by atoms with Gasteiger partial charge in [-0.1, -0.05) is 30.3 Å². The molecule has 4 heterocycles. The van der Waals surface area contributed by atoms with Crippen molar-refractivity contribution in [2.75, 3.05) is 38.6 Å². The Bertz CT molecular complexity index is 1700. The van der Waals surface area contributed by atoms with Crippen LogP contribution in [-0.2, 0) is 16.1 Å². The second kappa shape index (κ2) is 12.5. The average molecular weight is 592 g/mol. The van der Waals surface area contributed by atoms with E-state index < -0.39 is 5.54 Å². The van der Waals surface area contributed by atoms with Crippen molar-refractivity contribution in [1.82, 2.24) is 24.3 Å². The molecular weight excluding hydrogens is 554 g/mol. The van der Waals surface area contributed by atoms with Crippen LogP contribution < -0.4 is 10.5 Å². The van der Waals surface area contributed by atoms with Crippen LogP contribution in [0, 0.1) is 11.3 Å². The summed E-state index contributed by atoms with van der Waals surface area (Å²) in [5, 5.41) is 10.8. The van der Waals surface area contributed by atoms with Crippen LogP contribution in [0.15, 0.2) is 78.8 Å². The summed E-state index contributed by atoms with van der Waals surface area (Å²) in [7, 11) is 0. The molecule has 2 aromatic heterocycles. The van der Waals surface area contributed by atoms with Crippen LogP contribution >= 0.6 is 0 Å². The molecule has 0 saturated carbocycles. The lowest BCUT2D eigenvalue weighted by atomic mass is 9.97. The van der Waals surface area contributed by atoms with Crippen molar-refractivity contribution in [3.05, 3.63) is 78.8 Å². The number of hydrogen-bond donors (Lipinski definition) is 1. The maximum atomic E-state index is 13.8. The molecule has 0 unspecified atom stereocenters. The van der Waals surface area contributed by atoms with Crippen molar-refractivity contribution in [2.24, 2.45) is 0 Å². The minimum Gasteiger partial charge on any atom is -0.457 e. The van der Waals surface area contributed by atoms with E-state index in [4.69, 9.17) is 15.2 Å². The zero-order valence-electron chi connectivity index (χ0n) is 25.1. The lowest BCUT2D eigenvalue weighted by Crippen LogP contribution is -2.49. The number of anilines is 1. The third-order valence-electron chi connectivity index (χ3n) is 8.55. The Hall–Kier alpha value is -4.72. The Labute approximate surface area is 257 Å². The first-order chi connectivity index (χ1) is 21.3. The van der Waals surface area contributed by atoms with E-state index in [1.165, 1.54) is 6.33 Å². The minimum atomic E-state index is -0.443. The number of fused-ring (bicyclic) bond motifs is 1. The zero-order valence-corrected chi connectivity index (χ0v) is 25.1. The topological polar surface area (TPSA) is 123 Å². The van der Waals surface area contributed by atoms with Crippen LogP contribution in [0.3, 0.4) is 0 Å². The van der Waals surface area contributed by atoms with Gasteiger partial charge < -0.3 is 24.7 Å². The highest BCUT2D eigenvalue weighted by atomic mass is 16.5.